The topological polar surface area (TPSA) is 0 Å². The van der Waals surface area contributed by atoms with Gasteiger partial charge in [-0.25, -0.2) is 0 Å². The fourth-order valence-electron chi connectivity index (χ4n) is 3.12. The summed E-state index contributed by atoms with van der Waals surface area (Å²) in [5.41, 5.74) is 0. The van der Waals surface area contributed by atoms with Gasteiger partial charge in [0.05, 0.1) is 0 Å². The second-order valence-corrected chi connectivity index (χ2v) is 25.6. The Kier molecular flexibility index (Phi) is 80.3. The first kappa shape index (κ1) is 50.2. The van der Waals surface area contributed by atoms with E-state index in [9.17, 15) is 0 Å². The zero-order chi connectivity index (χ0) is 26.0. The molecule has 0 amide bonds. The molecule has 0 saturated carbocycles. The van der Waals surface area contributed by atoms with E-state index < -0.39 is 0 Å². The van der Waals surface area contributed by atoms with E-state index in [2.05, 4.69) is 137 Å². The summed E-state index contributed by atoms with van der Waals surface area (Å²) in [6.07, 6.45) is 21.1. The minimum atomic E-state index is 0. The van der Waals surface area contributed by atoms with Crippen molar-refractivity contribution in [1.82, 2.24) is 0 Å². The molecular weight excluding hydrogens is 1090 g/mol. The van der Waals surface area contributed by atoms with Crippen molar-refractivity contribution < 1.29 is 13.3 Å². The Morgan fingerprint density at radius 2 is 0.909 bits per heavy atom. The predicted molar refractivity (Wildman–Crippen MR) is 202 cm³/mol. The van der Waals surface area contributed by atoms with Gasteiger partial charge in [0.1, 0.15) is 0 Å². The van der Waals surface area contributed by atoms with Crippen LogP contribution in [-0.2, 0) is 0 Å². The van der Waals surface area contributed by atoms with Gasteiger partial charge in [-0.3, -0.25) is 0 Å². The summed E-state index contributed by atoms with van der Waals surface area (Å²) in [4.78, 5) is 0. The molecule has 6 heteroatoms. The van der Waals surface area contributed by atoms with Crippen LogP contribution in [0.2, 0.25) is 0 Å². The molecule has 0 fully saturated rings. The van der Waals surface area contributed by atoms with Crippen molar-refractivity contribution in [3.8, 4) is 0 Å². The van der Waals surface area contributed by atoms with E-state index in [0.717, 1.165) is 17.8 Å². The molecule has 0 aliphatic heterocycles. The summed E-state index contributed by atoms with van der Waals surface area (Å²) in [6.45, 7) is 20.6. The van der Waals surface area contributed by atoms with Crippen molar-refractivity contribution in [1.29, 1.82) is 0 Å². The maximum atomic E-state index is 2.39. The van der Waals surface area contributed by atoms with Gasteiger partial charge in [-0.05, 0) is 17.8 Å². The van der Waals surface area contributed by atoms with Crippen molar-refractivity contribution in [2.24, 2.45) is 17.8 Å². The van der Waals surface area contributed by atoms with E-state index in [1.807, 2.05) is 0 Å². The van der Waals surface area contributed by atoms with Gasteiger partial charge in [0.2, 0.25) is 0 Å². The zero-order valence-corrected chi connectivity index (χ0v) is 36.8. The van der Waals surface area contributed by atoms with E-state index >= 15 is 0 Å². The summed E-state index contributed by atoms with van der Waals surface area (Å²) in [5.74, 6) is 2.83. The van der Waals surface area contributed by atoms with Gasteiger partial charge in [-0.2, -0.15) is 0 Å². The van der Waals surface area contributed by atoms with Crippen LogP contribution in [0.1, 0.15) is 159 Å². The van der Waals surface area contributed by atoms with Gasteiger partial charge in [-0.1, -0.05) is 159 Å². The van der Waals surface area contributed by atoms with Gasteiger partial charge in [0.25, 0.3) is 0 Å². The molecule has 2 atom stereocenters. The van der Waals surface area contributed by atoms with Crippen LogP contribution < -0.4 is 13.3 Å². The van der Waals surface area contributed by atoms with E-state index in [-0.39, 0.29) is 24.0 Å². The second kappa shape index (κ2) is 52.8. The first-order chi connectivity index (χ1) is 15.3. The number of unbranched alkanes of at least 4 members (excludes halogenated alkanes) is 6. The van der Waals surface area contributed by atoms with Crippen LogP contribution in [0, 0.1) is 17.8 Å². The summed E-state index contributed by atoms with van der Waals surface area (Å²) in [5, 5.41) is 0. The van der Waals surface area contributed by atoms with Crippen LogP contribution in [0.3, 0.4) is 0 Å². The van der Waals surface area contributed by atoms with Crippen molar-refractivity contribution in [2.75, 3.05) is 0 Å². The molecule has 0 spiro atoms. The number of hydrogen-bond donors (Lipinski definition) is 0. The molecular formula is C27H61I6-. The molecule has 33 heavy (non-hydrogen) atoms. The summed E-state index contributed by atoms with van der Waals surface area (Å²) in [6, 6.07) is 0. The molecule has 0 aliphatic carbocycles. The molecule has 0 aromatic carbocycles. The monoisotopic (exact) mass is 1150 g/mol. The summed E-state index contributed by atoms with van der Waals surface area (Å²) >= 11 is 9.54. The van der Waals surface area contributed by atoms with Gasteiger partial charge >= 0.3 is 50.5 Å². The second-order valence-electron chi connectivity index (χ2n) is 9.34. The third kappa shape index (κ3) is 72.3. The fourth-order valence-corrected chi connectivity index (χ4v) is 3.12. The van der Waals surface area contributed by atoms with Gasteiger partial charge in [0, 0.05) is 37.2 Å². The standard InChI is InChI=1S/3C9H20.I3.I2.HI/c1-4-5-6-7-8-9(2)3;1-4-6-7-8-9(3)5-2;1-4-6-8-9(3)7-5-2;1-3-2;1-2;/h3*9H,4-8H2,1-3H3;;;1H/q;;;-1;;. The molecule has 0 aromatic heterocycles. The van der Waals surface area contributed by atoms with Crippen LogP contribution >= 0.6 is 98.4 Å². The van der Waals surface area contributed by atoms with Gasteiger partial charge in [-0.15, -0.1) is 24.0 Å². The first-order valence-corrected chi connectivity index (χ1v) is 32.2. The SMILES string of the molecule is CCCCC(C)CCC.CCCCCC(C)CC.CCCCCCC(C)C.I.II.I[I-]I. The molecule has 0 radical (unpaired) electrons. The molecule has 0 heterocycles. The summed E-state index contributed by atoms with van der Waals surface area (Å²) < 4.78 is 0. The van der Waals surface area contributed by atoms with Crippen molar-refractivity contribution >= 4 is 98.4 Å². The Morgan fingerprint density at radius 3 is 1.27 bits per heavy atom. The molecule has 0 bridgehead atoms. The quantitative estimate of drug-likeness (QED) is 0.113. The minimum absolute atomic E-state index is 0. The number of halogens is 6. The van der Waals surface area contributed by atoms with Crippen LogP contribution in [0.5, 0.6) is 0 Å². The van der Waals surface area contributed by atoms with E-state index in [0.29, 0.717) is 13.3 Å². The van der Waals surface area contributed by atoms with E-state index in [4.69, 9.17) is 0 Å². The van der Waals surface area contributed by atoms with E-state index in [1.165, 1.54) is 96.3 Å². The van der Waals surface area contributed by atoms with Crippen LogP contribution in [0.4, 0.5) is 0 Å². The molecule has 0 nitrogen and oxygen atoms in total. The zero-order valence-electron chi connectivity index (χ0n) is 23.6. The fraction of sp³-hybridized carbons (Fsp3) is 1.00. The number of rotatable bonds is 15. The molecule has 0 N–H and O–H groups in total. The molecule has 2 unspecified atom stereocenters. The summed E-state index contributed by atoms with van der Waals surface area (Å²) in [7, 11) is 0. The normalized spacial score (nSPS) is 11.2. The molecule has 0 saturated heterocycles. The first-order valence-electron chi connectivity index (χ1n) is 13.3. The Morgan fingerprint density at radius 1 is 0.515 bits per heavy atom. The molecule has 0 rings (SSSR count). The predicted octanol–water partition coefficient (Wildman–Crippen LogP) is 12.0. The Bertz CT molecular complexity index is 253. The molecule has 212 valence electrons. The average molecular weight is 1150 g/mol. The molecule has 0 aliphatic rings. The third-order valence-corrected chi connectivity index (χ3v) is 5.46. The average Bonchev–Trinajstić information content (AvgIpc) is 2.78. The third-order valence-electron chi connectivity index (χ3n) is 5.46. The number of hydrogen-bond acceptors (Lipinski definition) is 0. The van der Waals surface area contributed by atoms with Crippen LogP contribution in [-0.4, -0.2) is 0 Å². The Labute approximate surface area is 283 Å². The Balaban J connectivity index is -0.0000000742. The van der Waals surface area contributed by atoms with Crippen LogP contribution in [0.15, 0.2) is 0 Å². The molecule has 0 aromatic rings. The van der Waals surface area contributed by atoms with E-state index in [1.54, 1.807) is 0 Å². The van der Waals surface area contributed by atoms with Gasteiger partial charge < -0.3 is 0 Å². The van der Waals surface area contributed by atoms with Crippen molar-refractivity contribution in [2.45, 2.75) is 159 Å². The van der Waals surface area contributed by atoms with Crippen molar-refractivity contribution in [3.63, 3.8) is 0 Å². The Hall–Kier alpha value is 4.38. The van der Waals surface area contributed by atoms with Crippen molar-refractivity contribution in [3.05, 3.63) is 0 Å². The maximum absolute atomic E-state index is 2.39. The van der Waals surface area contributed by atoms with Crippen LogP contribution in [0.25, 0.3) is 0 Å². The van der Waals surface area contributed by atoms with Gasteiger partial charge in [0.15, 0.2) is 0 Å².